The molecule has 0 atom stereocenters. The molecule has 140 valence electrons. The number of carbonyl (C=O) groups excluding carboxylic acids is 1. The topological polar surface area (TPSA) is 62.2 Å². The van der Waals surface area contributed by atoms with Crippen LogP contribution in [0.4, 0.5) is 13.2 Å². The molecule has 0 aliphatic carbocycles. The maximum atomic E-state index is 13.8. The second-order valence-corrected chi connectivity index (χ2v) is 7.31. The van der Waals surface area contributed by atoms with Gasteiger partial charge < -0.3 is 14.6 Å². The number of ether oxygens (including phenoxy) is 1. The summed E-state index contributed by atoms with van der Waals surface area (Å²) in [6.07, 6.45) is 0.237. The van der Waals surface area contributed by atoms with Crippen molar-refractivity contribution in [3.8, 4) is 5.75 Å². The van der Waals surface area contributed by atoms with Crippen LogP contribution in [-0.2, 0) is 13.0 Å². The zero-order valence-electron chi connectivity index (χ0n) is 14.5. The number of carboxylic acid groups (broad SMARTS) is 1. The molecule has 0 spiro atoms. The average molecular weight is 480 g/mol. The van der Waals surface area contributed by atoms with Gasteiger partial charge in [-0.05, 0) is 30.3 Å². The third kappa shape index (κ3) is 5.36. The number of aromatic nitrogens is 1. The Morgan fingerprint density at radius 2 is 1.89 bits per heavy atom. The van der Waals surface area contributed by atoms with Crippen molar-refractivity contribution in [1.82, 2.24) is 4.98 Å². The van der Waals surface area contributed by atoms with Crippen LogP contribution in [0.5, 0.6) is 5.75 Å². The quantitative estimate of drug-likeness (QED) is 0.388. The molecule has 0 unspecified atom stereocenters. The van der Waals surface area contributed by atoms with E-state index in [0.717, 1.165) is 21.9 Å². The minimum atomic E-state index is -1.37. The maximum Gasteiger partial charge on any atom is 1.00 e. The Hall–Kier alpha value is -1.39. The van der Waals surface area contributed by atoms with Crippen molar-refractivity contribution in [2.75, 3.05) is 0 Å². The van der Waals surface area contributed by atoms with Crippen molar-refractivity contribution in [3.05, 3.63) is 79.5 Å². The fraction of sp³-hybridized carbons (Fsp3) is 0.111. The number of halogens is 4. The van der Waals surface area contributed by atoms with Gasteiger partial charge in [-0.1, -0.05) is 15.9 Å². The Kier molecular flexibility index (Phi) is 8.08. The van der Waals surface area contributed by atoms with E-state index in [1.54, 1.807) is 18.2 Å². The molecule has 0 bridgehead atoms. The number of hydrogen-bond donors (Lipinski definition) is 0. The van der Waals surface area contributed by atoms with Crippen molar-refractivity contribution in [2.24, 2.45) is 0 Å². The fourth-order valence-electron chi connectivity index (χ4n) is 2.33. The molecule has 1 heterocycles. The van der Waals surface area contributed by atoms with Crippen LogP contribution in [0.15, 0.2) is 40.2 Å². The molecule has 0 radical (unpaired) electrons. The van der Waals surface area contributed by atoms with E-state index in [1.807, 2.05) is 0 Å². The summed E-state index contributed by atoms with van der Waals surface area (Å²) in [5.41, 5.74) is -0.0745. The first kappa shape index (κ1) is 22.9. The summed E-state index contributed by atoms with van der Waals surface area (Å²) in [5.74, 6) is -4.44. The molecule has 0 saturated carbocycles. The summed E-state index contributed by atoms with van der Waals surface area (Å²) in [5, 5.41) is 12.7. The second-order valence-electron chi connectivity index (χ2n) is 5.45. The Bertz CT molecular complexity index is 1020. The fourth-order valence-corrected chi connectivity index (χ4v) is 3.52. The van der Waals surface area contributed by atoms with Crippen molar-refractivity contribution in [2.45, 2.75) is 13.0 Å². The van der Waals surface area contributed by atoms with E-state index in [2.05, 4.69) is 20.9 Å². The molecule has 0 aliphatic rings. The SMILES string of the molecule is O=C([O-])c1csc(Cc2cc(Br)ccc2OCc2c(F)ccc(F)c2F)n1.[Na+]. The van der Waals surface area contributed by atoms with Gasteiger partial charge in [0.15, 0.2) is 11.6 Å². The van der Waals surface area contributed by atoms with E-state index >= 15 is 0 Å². The number of benzene rings is 2. The number of carbonyl (C=O) groups is 1. The minimum absolute atomic E-state index is 0. The number of carboxylic acids is 1. The first-order valence-corrected chi connectivity index (χ1v) is 9.21. The van der Waals surface area contributed by atoms with E-state index < -0.39 is 35.6 Å². The minimum Gasteiger partial charge on any atom is -0.543 e. The normalized spacial score (nSPS) is 10.4. The molecule has 3 aromatic rings. The van der Waals surface area contributed by atoms with E-state index in [4.69, 9.17) is 4.74 Å². The van der Waals surface area contributed by atoms with Gasteiger partial charge in [0.05, 0.1) is 22.2 Å². The molecule has 0 aliphatic heterocycles. The van der Waals surface area contributed by atoms with Gasteiger partial charge in [-0.2, -0.15) is 0 Å². The van der Waals surface area contributed by atoms with Gasteiger partial charge in [0.1, 0.15) is 18.2 Å². The molecule has 0 amide bonds. The van der Waals surface area contributed by atoms with Gasteiger partial charge >= 0.3 is 29.6 Å². The van der Waals surface area contributed by atoms with Gasteiger partial charge in [0.2, 0.25) is 0 Å². The maximum absolute atomic E-state index is 13.8. The first-order chi connectivity index (χ1) is 12.8. The zero-order chi connectivity index (χ0) is 19.6. The Balaban J connectivity index is 0.00000280. The van der Waals surface area contributed by atoms with Crippen LogP contribution in [0, 0.1) is 17.5 Å². The first-order valence-electron chi connectivity index (χ1n) is 7.54. The molecule has 28 heavy (non-hydrogen) atoms. The van der Waals surface area contributed by atoms with Crippen LogP contribution >= 0.6 is 27.3 Å². The second kappa shape index (κ2) is 9.89. The number of hydrogen-bond acceptors (Lipinski definition) is 5. The average Bonchev–Trinajstić information content (AvgIpc) is 3.09. The summed E-state index contributed by atoms with van der Waals surface area (Å²) in [7, 11) is 0. The predicted molar refractivity (Wildman–Crippen MR) is 94.0 cm³/mol. The molecule has 2 aromatic carbocycles. The summed E-state index contributed by atoms with van der Waals surface area (Å²) in [6.45, 7) is -0.508. The number of nitrogens with zero attached hydrogens (tertiary/aromatic N) is 1. The van der Waals surface area contributed by atoms with Crippen LogP contribution in [0.2, 0.25) is 0 Å². The number of rotatable bonds is 6. The van der Waals surface area contributed by atoms with Crippen LogP contribution in [0.3, 0.4) is 0 Å². The molecule has 0 saturated heterocycles. The Labute approximate surface area is 192 Å². The van der Waals surface area contributed by atoms with Crippen LogP contribution in [-0.4, -0.2) is 11.0 Å². The van der Waals surface area contributed by atoms with Gasteiger partial charge in [-0.3, -0.25) is 0 Å². The molecule has 10 heteroatoms. The van der Waals surface area contributed by atoms with E-state index in [9.17, 15) is 23.1 Å². The summed E-state index contributed by atoms with van der Waals surface area (Å²) in [6, 6.07) is 6.51. The van der Waals surface area contributed by atoms with Gasteiger partial charge in [0, 0.05) is 21.8 Å². The molecule has 0 N–H and O–H groups in total. The molecular weight excluding hydrogens is 470 g/mol. The van der Waals surface area contributed by atoms with Crippen molar-refractivity contribution >= 4 is 33.2 Å². The van der Waals surface area contributed by atoms with Crippen LogP contribution < -0.4 is 39.4 Å². The van der Waals surface area contributed by atoms with Gasteiger partial charge in [-0.15, -0.1) is 11.3 Å². The van der Waals surface area contributed by atoms with E-state index in [-0.39, 0.29) is 41.7 Å². The standard InChI is InChI=1S/C18H11BrF3NO3S.Na/c19-10-1-4-15(26-7-11-12(20)2-3-13(21)17(11)22)9(5-10)6-16-23-14(8-27-16)18(24)25;/h1-5,8H,6-7H2,(H,24,25);/q;+1/p-1. The summed E-state index contributed by atoms with van der Waals surface area (Å²) >= 11 is 4.46. The molecule has 4 nitrogen and oxygen atoms in total. The number of thiazole rings is 1. The van der Waals surface area contributed by atoms with Crippen molar-refractivity contribution < 1.29 is 57.4 Å². The summed E-state index contributed by atoms with van der Waals surface area (Å²) in [4.78, 5) is 14.8. The van der Waals surface area contributed by atoms with E-state index in [0.29, 0.717) is 22.4 Å². The van der Waals surface area contributed by atoms with Crippen LogP contribution in [0.1, 0.15) is 26.6 Å². The molecule has 3 rings (SSSR count). The smallest absolute Gasteiger partial charge is 0.543 e. The number of aromatic carboxylic acids is 1. The van der Waals surface area contributed by atoms with Gasteiger partial charge in [-0.25, -0.2) is 18.2 Å². The summed E-state index contributed by atoms with van der Waals surface area (Å²) < 4.78 is 47.1. The zero-order valence-corrected chi connectivity index (χ0v) is 18.9. The third-order valence-electron chi connectivity index (χ3n) is 3.64. The van der Waals surface area contributed by atoms with Gasteiger partial charge in [0.25, 0.3) is 0 Å². The Morgan fingerprint density at radius 1 is 1.18 bits per heavy atom. The van der Waals surface area contributed by atoms with E-state index in [1.165, 1.54) is 5.38 Å². The van der Waals surface area contributed by atoms with Crippen LogP contribution in [0.25, 0.3) is 0 Å². The predicted octanol–water partition coefficient (Wildman–Crippen LogP) is 0.860. The monoisotopic (exact) mass is 479 g/mol. The molecule has 0 fully saturated rings. The molecule has 1 aromatic heterocycles. The van der Waals surface area contributed by atoms with Crippen molar-refractivity contribution in [3.63, 3.8) is 0 Å². The molecular formula is C18H10BrF3NNaO3S. The third-order valence-corrected chi connectivity index (χ3v) is 4.98. The Morgan fingerprint density at radius 3 is 2.57 bits per heavy atom. The largest absolute Gasteiger partial charge is 1.00 e. The van der Waals surface area contributed by atoms with Crippen molar-refractivity contribution in [1.29, 1.82) is 0 Å².